The minimum Gasteiger partial charge on any atom is -0.463 e. The molecule has 0 spiro atoms. The molecule has 0 radical (unpaired) electrons. The van der Waals surface area contributed by atoms with Gasteiger partial charge in [-0.05, 0) is 11.3 Å². The Kier molecular flexibility index (Phi) is 3.91. The van der Waals surface area contributed by atoms with Crippen LogP contribution in [0, 0.1) is 10.1 Å². The molecule has 8 nitrogen and oxygen atoms in total. The molecule has 0 amide bonds. The van der Waals surface area contributed by atoms with E-state index in [-0.39, 0.29) is 11.6 Å². The number of Topliss-reactive ketones (excluding diaryl/α,β-unsaturated/α-hetero) is 1. The first kappa shape index (κ1) is 12.8. The van der Waals surface area contributed by atoms with E-state index in [1.54, 1.807) is 6.92 Å². The minimum atomic E-state index is -0.990. The van der Waals surface area contributed by atoms with Crippen LogP contribution in [0.4, 0.5) is 5.82 Å². The Morgan fingerprint density at radius 2 is 2.29 bits per heavy atom. The number of ether oxygens (including phenoxy) is 1. The monoisotopic (exact) mass is 241 g/mol. The maximum Gasteiger partial charge on any atom is 0.375 e. The number of esters is 1. The fourth-order valence-electron chi connectivity index (χ4n) is 1.34. The number of hydrogen-bond donors (Lipinski definition) is 1. The number of hydrogen-bond acceptors (Lipinski definition) is 6. The maximum absolute atomic E-state index is 11.6. The molecule has 17 heavy (non-hydrogen) atoms. The second-order valence-electron chi connectivity index (χ2n) is 3.23. The van der Waals surface area contributed by atoms with Crippen LogP contribution in [-0.4, -0.2) is 33.8 Å². The number of H-pyrrole nitrogens is 1. The van der Waals surface area contributed by atoms with E-state index in [0.29, 0.717) is 6.42 Å². The number of aromatic amines is 1. The molecule has 1 atom stereocenters. The van der Waals surface area contributed by atoms with Crippen molar-refractivity contribution in [1.29, 1.82) is 0 Å². The molecule has 0 aliphatic carbocycles. The standard InChI is InChI=1S/C9H11N3O5/c1-3-5(7(13)9(14)17-2)8-10-4-6(11-8)12(15)16/h4-5H,3H2,1-2H3,(H,10,11). The molecule has 1 heterocycles. The summed E-state index contributed by atoms with van der Waals surface area (Å²) in [6, 6.07) is 0. The van der Waals surface area contributed by atoms with Gasteiger partial charge in [0, 0.05) is 0 Å². The quantitative estimate of drug-likeness (QED) is 0.348. The number of nitrogens with zero attached hydrogens (tertiary/aromatic N) is 2. The van der Waals surface area contributed by atoms with Crippen LogP contribution in [0.25, 0.3) is 0 Å². The molecule has 1 unspecified atom stereocenters. The van der Waals surface area contributed by atoms with Crippen molar-refractivity contribution >= 4 is 17.6 Å². The van der Waals surface area contributed by atoms with Crippen LogP contribution in [0.2, 0.25) is 0 Å². The van der Waals surface area contributed by atoms with Gasteiger partial charge in [-0.15, -0.1) is 0 Å². The fraction of sp³-hybridized carbons (Fsp3) is 0.444. The van der Waals surface area contributed by atoms with Gasteiger partial charge in [0.25, 0.3) is 5.78 Å². The Morgan fingerprint density at radius 3 is 2.71 bits per heavy atom. The topological polar surface area (TPSA) is 115 Å². The van der Waals surface area contributed by atoms with Crippen LogP contribution >= 0.6 is 0 Å². The van der Waals surface area contributed by atoms with Gasteiger partial charge < -0.3 is 14.9 Å². The van der Waals surface area contributed by atoms with Gasteiger partial charge in [0.05, 0.1) is 7.11 Å². The number of rotatable bonds is 5. The van der Waals surface area contributed by atoms with E-state index < -0.39 is 22.6 Å². The minimum absolute atomic E-state index is 0.0922. The molecule has 0 saturated heterocycles. The average Bonchev–Trinajstić information content (AvgIpc) is 2.78. The van der Waals surface area contributed by atoms with Crippen LogP contribution < -0.4 is 0 Å². The second-order valence-corrected chi connectivity index (χ2v) is 3.23. The number of aromatic nitrogens is 2. The van der Waals surface area contributed by atoms with Crippen LogP contribution in [0.15, 0.2) is 6.20 Å². The summed E-state index contributed by atoms with van der Waals surface area (Å²) in [5, 5.41) is 10.4. The predicted molar refractivity (Wildman–Crippen MR) is 55.3 cm³/mol. The zero-order valence-electron chi connectivity index (χ0n) is 9.30. The summed E-state index contributed by atoms with van der Waals surface area (Å²) in [7, 11) is 1.09. The molecule has 92 valence electrons. The van der Waals surface area contributed by atoms with Gasteiger partial charge in [-0.3, -0.25) is 4.79 Å². The lowest BCUT2D eigenvalue weighted by Gasteiger charge is -2.06. The number of nitrogens with one attached hydrogen (secondary N) is 1. The third kappa shape index (κ3) is 2.65. The summed E-state index contributed by atoms with van der Waals surface area (Å²) in [6.07, 6.45) is 1.29. The maximum atomic E-state index is 11.6. The molecule has 1 N–H and O–H groups in total. The predicted octanol–water partition coefficient (Wildman–Crippen LogP) is 0.554. The SMILES string of the molecule is CCC(C(=O)C(=O)OC)c1ncc([N+](=O)[O-])[nH]1. The molecule has 0 aromatic carbocycles. The highest BCUT2D eigenvalue weighted by molar-refractivity contribution is 6.35. The number of methoxy groups -OCH3 is 1. The molecule has 0 bridgehead atoms. The first-order chi connectivity index (χ1) is 8.01. The largest absolute Gasteiger partial charge is 0.463 e. The Labute approximate surface area is 96.1 Å². The molecule has 0 aliphatic heterocycles. The van der Waals surface area contributed by atoms with E-state index in [1.165, 1.54) is 0 Å². The summed E-state index contributed by atoms with van der Waals surface area (Å²) in [5.74, 6) is -2.85. The van der Waals surface area contributed by atoms with Crippen LogP contribution in [0.3, 0.4) is 0 Å². The van der Waals surface area contributed by atoms with Crippen LogP contribution in [0.5, 0.6) is 0 Å². The molecular weight excluding hydrogens is 230 g/mol. The zero-order valence-corrected chi connectivity index (χ0v) is 9.30. The van der Waals surface area contributed by atoms with Crippen molar-refractivity contribution < 1.29 is 19.2 Å². The van der Waals surface area contributed by atoms with E-state index in [4.69, 9.17) is 0 Å². The van der Waals surface area contributed by atoms with Gasteiger partial charge in [0.2, 0.25) is 5.82 Å². The van der Waals surface area contributed by atoms with Gasteiger partial charge in [-0.1, -0.05) is 6.92 Å². The molecule has 8 heteroatoms. The number of carbonyl (C=O) groups excluding carboxylic acids is 2. The molecule has 1 aromatic heterocycles. The zero-order chi connectivity index (χ0) is 13.0. The van der Waals surface area contributed by atoms with E-state index in [9.17, 15) is 19.7 Å². The third-order valence-electron chi connectivity index (χ3n) is 2.22. The summed E-state index contributed by atoms with van der Waals surface area (Å²) in [4.78, 5) is 38.5. The summed E-state index contributed by atoms with van der Waals surface area (Å²) in [5.41, 5.74) is 0. The molecule has 1 rings (SSSR count). The number of ketones is 1. The lowest BCUT2D eigenvalue weighted by molar-refractivity contribution is -0.389. The molecule has 0 saturated carbocycles. The van der Waals surface area contributed by atoms with Crippen molar-refractivity contribution in [3.05, 3.63) is 22.1 Å². The smallest absolute Gasteiger partial charge is 0.375 e. The van der Waals surface area contributed by atoms with Crippen molar-refractivity contribution in [1.82, 2.24) is 9.97 Å². The highest BCUT2D eigenvalue weighted by Gasteiger charge is 2.31. The summed E-state index contributed by atoms with van der Waals surface area (Å²) in [6.45, 7) is 1.67. The lowest BCUT2D eigenvalue weighted by Crippen LogP contribution is -2.23. The Morgan fingerprint density at radius 1 is 1.65 bits per heavy atom. The Balaban J connectivity index is 2.97. The Bertz CT molecular complexity index is 453. The van der Waals surface area contributed by atoms with Gasteiger partial charge in [0.1, 0.15) is 12.1 Å². The van der Waals surface area contributed by atoms with Crippen molar-refractivity contribution in [2.75, 3.05) is 7.11 Å². The van der Waals surface area contributed by atoms with E-state index in [0.717, 1.165) is 13.3 Å². The summed E-state index contributed by atoms with van der Waals surface area (Å²) >= 11 is 0. The van der Waals surface area contributed by atoms with Gasteiger partial charge in [0.15, 0.2) is 0 Å². The highest BCUT2D eigenvalue weighted by Crippen LogP contribution is 2.20. The normalized spacial score (nSPS) is 11.9. The Hall–Kier alpha value is -2.25. The molecular formula is C9H11N3O5. The van der Waals surface area contributed by atoms with Crippen molar-refractivity contribution in [3.8, 4) is 0 Å². The van der Waals surface area contributed by atoms with Crippen molar-refractivity contribution in [3.63, 3.8) is 0 Å². The van der Waals surface area contributed by atoms with E-state index >= 15 is 0 Å². The van der Waals surface area contributed by atoms with Gasteiger partial charge in [-0.25, -0.2) is 14.8 Å². The van der Waals surface area contributed by atoms with Crippen molar-refractivity contribution in [2.24, 2.45) is 0 Å². The number of imidazole rings is 1. The average molecular weight is 241 g/mol. The molecule has 1 aromatic rings. The first-order valence-electron chi connectivity index (χ1n) is 4.82. The van der Waals surface area contributed by atoms with Crippen LogP contribution in [-0.2, 0) is 14.3 Å². The number of nitro groups is 1. The fourth-order valence-corrected chi connectivity index (χ4v) is 1.34. The molecule has 0 fully saturated rings. The van der Waals surface area contributed by atoms with Crippen molar-refractivity contribution in [2.45, 2.75) is 19.3 Å². The van der Waals surface area contributed by atoms with E-state index in [1.807, 2.05) is 0 Å². The first-order valence-corrected chi connectivity index (χ1v) is 4.82. The second kappa shape index (κ2) is 5.19. The van der Waals surface area contributed by atoms with E-state index in [2.05, 4.69) is 14.7 Å². The molecule has 0 aliphatic rings. The highest BCUT2D eigenvalue weighted by atomic mass is 16.6. The van der Waals surface area contributed by atoms with Gasteiger partial charge in [-0.2, -0.15) is 0 Å². The van der Waals surface area contributed by atoms with Crippen LogP contribution in [0.1, 0.15) is 25.1 Å². The third-order valence-corrected chi connectivity index (χ3v) is 2.22. The number of carbonyl (C=O) groups is 2. The lowest BCUT2D eigenvalue weighted by atomic mass is 10.0. The summed E-state index contributed by atoms with van der Waals surface area (Å²) < 4.78 is 4.31. The van der Waals surface area contributed by atoms with Gasteiger partial charge >= 0.3 is 11.8 Å².